The SMILES string of the molecule is COc1cc2ccc1=2.CS(=O)(=O)OCC1CNC(=O)O1. The molecule has 3 rings (SSSR count). The summed E-state index contributed by atoms with van der Waals surface area (Å²) >= 11 is 0. The summed E-state index contributed by atoms with van der Waals surface area (Å²) in [6, 6.07) is 6.18. The Labute approximate surface area is 116 Å². The van der Waals surface area contributed by atoms with Gasteiger partial charge in [0.15, 0.2) is 0 Å². The maximum absolute atomic E-state index is 10.5. The second-order valence-electron chi connectivity index (χ2n) is 4.31. The summed E-state index contributed by atoms with van der Waals surface area (Å²) in [5.41, 5.74) is 0. The van der Waals surface area contributed by atoms with E-state index in [1.165, 1.54) is 10.4 Å². The number of ether oxygens (including phenoxy) is 2. The lowest BCUT2D eigenvalue weighted by Gasteiger charge is -2.08. The van der Waals surface area contributed by atoms with E-state index in [2.05, 4.69) is 26.4 Å². The standard InChI is InChI=1S/C7H6O.C5H9NO5S/c1-8-7-4-5-2-3-6(5)7;1-12(8,9)10-3-4-2-6-5(7)11-4/h2-4H,1H3;4H,2-3H2,1H3,(H,6,7). The highest BCUT2D eigenvalue weighted by molar-refractivity contribution is 7.85. The van der Waals surface area contributed by atoms with Crippen molar-refractivity contribution in [3.63, 3.8) is 0 Å². The van der Waals surface area contributed by atoms with Crippen molar-refractivity contribution in [2.75, 3.05) is 26.5 Å². The monoisotopic (exact) mass is 301 g/mol. The van der Waals surface area contributed by atoms with Crippen molar-refractivity contribution in [2.45, 2.75) is 6.10 Å². The number of carbonyl (C=O) groups excluding carboxylic acids is 1. The molecule has 7 nitrogen and oxygen atoms in total. The Morgan fingerprint density at radius 1 is 1.45 bits per heavy atom. The number of benzene rings is 1. The number of alkyl carbamates (subject to hydrolysis) is 1. The lowest BCUT2D eigenvalue weighted by molar-refractivity contribution is 0.107. The molecule has 0 radical (unpaired) electrons. The van der Waals surface area contributed by atoms with Gasteiger partial charge in [-0.3, -0.25) is 4.18 Å². The third-order valence-corrected chi connectivity index (χ3v) is 3.29. The molecule has 1 saturated heterocycles. The van der Waals surface area contributed by atoms with Crippen molar-refractivity contribution >= 4 is 16.2 Å². The smallest absolute Gasteiger partial charge is 0.407 e. The van der Waals surface area contributed by atoms with Crippen LogP contribution in [0.2, 0.25) is 0 Å². The predicted molar refractivity (Wildman–Crippen MR) is 69.7 cm³/mol. The number of nitrogens with one attached hydrogen (secondary N) is 1. The average Bonchev–Trinajstić information content (AvgIpc) is 2.76. The third kappa shape index (κ3) is 3.61. The average molecular weight is 301 g/mol. The maximum Gasteiger partial charge on any atom is 0.407 e. The molecule has 2 aliphatic carbocycles. The minimum Gasteiger partial charge on any atom is -0.496 e. The molecule has 1 aliphatic heterocycles. The van der Waals surface area contributed by atoms with Crippen LogP contribution in [0.4, 0.5) is 4.79 Å². The number of hydrogen-bond acceptors (Lipinski definition) is 6. The fourth-order valence-electron chi connectivity index (χ4n) is 1.65. The van der Waals surface area contributed by atoms with Crippen molar-refractivity contribution in [2.24, 2.45) is 0 Å². The van der Waals surface area contributed by atoms with Crippen LogP contribution in [0.25, 0.3) is 0 Å². The minimum atomic E-state index is -3.45. The predicted octanol–water partition coefficient (Wildman–Crippen LogP) is 0.367. The molecule has 110 valence electrons. The van der Waals surface area contributed by atoms with Crippen molar-refractivity contribution in [3.8, 4) is 5.75 Å². The Morgan fingerprint density at radius 3 is 2.50 bits per heavy atom. The zero-order chi connectivity index (χ0) is 14.8. The number of methoxy groups -OCH3 is 1. The summed E-state index contributed by atoms with van der Waals surface area (Å²) in [4.78, 5) is 10.4. The highest BCUT2D eigenvalue weighted by atomic mass is 32.2. The fourth-order valence-corrected chi connectivity index (χ4v) is 2.05. The van der Waals surface area contributed by atoms with Gasteiger partial charge in [-0.15, -0.1) is 0 Å². The Hall–Kier alpha value is -1.80. The van der Waals surface area contributed by atoms with Crippen molar-refractivity contribution in [3.05, 3.63) is 28.6 Å². The summed E-state index contributed by atoms with van der Waals surface area (Å²) in [5.74, 6) is 1.03. The van der Waals surface area contributed by atoms with Crippen molar-refractivity contribution in [1.82, 2.24) is 5.32 Å². The molecule has 1 atom stereocenters. The first-order valence-electron chi connectivity index (χ1n) is 5.86. The number of cyclic esters (lactones) is 1. The molecule has 8 heteroatoms. The van der Waals surface area contributed by atoms with Crippen LogP contribution in [0, 0.1) is 10.4 Å². The molecule has 0 aromatic heterocycles. The molecule has 1 N–H and O–H groups in total. The normalized spacial score (nSPS) is 18.5. The third-order valence-electron chi connectivity index (χ3n) is 2.73. The summed E-state index contributed by atoms with van der Waals surface area (Å²) in [7, 11) is -1.75. The Morgan fingerprint density at radius 2 is 2.20 bits per heavy atom. The van der Waals surface area contributed by atoms with E-state index in [0.717, 1.165) is 12.0 Å². The van der Waals surface area contributed by atoms with Gasteiger partial charge in [0.1, 0.15) is 18.5 Å². The largest absolute Gasteiger partial charge is 0.496 e. The summed E-state index contributed by atoms with van der Waals surface area (Å²) in [6.45, 7) is 0.159. The van der Waals surface area contributed by atoms with E-state index in [-0.39, 0.29) is 13.2 Å². The van der Waals surface area contributed by atoms with Crippen LogP contribution in [0.3, 0.4) is 0 Å². The van der Waals surface area contributed by atoms with E-state index in [1.54, 1.807) is 7.11 Å². The number of amides is 1. The van der Waals surface area contributed by atoms with Gasteiger partial charge in [0.2, 0.25) is 0 Å². The molecule has 0 spiro atoms. The van der Waals surface area contributed by atoms with Gasteiger partial charge in [0.05, 0.1) is 19.9 Å². The van der Waals surface area contributed by atoms with Crippen molar-refractivity contribution in [1.29, 1.82) is 0 Å². The van der Waals surface area contributed by atoms with Crippen LogP contribution in [0.5, 0.6) is 5.75 Å². The van der Waals surface area contributed by atoms with E-state index < -0.39 is 22.3 Å². The highest BCUT2D eigenvalue weighted by Gasteiger charge is 2.23. The summed E-state index contributed by atoms with van der Waals surface area (Å²) in [5, 5.41) is 4.99. The molecule has 0 aromatic carbocycles. The van der Waals surface area contributed by atoms with E-state index in [9.17, 15) is 13.2 Å². The van der Waals surface area contributed by atoms with Gasteiger partial charge < -0.3 is 14.8 Å². The molecule has 0 saturated carbocycles. The maximum atomic E-state index is 10.5. The molecule has 3 aliphatic rings. The molecule has 1 heterocycles. The van der Waals surface area contributed by atoms with Gasteiger partial charge in [0, 0.05) is 5.22 Å². The van der Waals surface area contributed by atoms with Gasteiger partial charge >= 0.3 is 6.09 Å². The second kappa shape index (κ2) is 5.68. The summed E-state index contributed by atoms with van der Waals surface area (Å²) in [6.07, 6.45) is -0.110. The van der Waals surface area contributed by atoms with Crippen LogP contribution in [-0.2, 0) is 19.0 Å². The van der Waals surface area contributed by atoms with Crippen LogP contribution in [0.15, 0.2) is 18.2 Å². The first-order chi connectivity index (χ1) is 9.39. The molecular weight excluding hydrogens is 286 g/mol. The van der Waals surface area contributed by atoms with E-state index in [0.29, 0.717) is 0 Å². The van der Waals surface area contributed by atoms with E-state index in [1.807, 2.05) is 6.07 Å². The number of rotatable bonds is 4. The fraction of sp³-hybridized carbons (Fsp3) is 0.417. The van der Waals surface area contributed by atoms with Gasteiger partial charge in [-0.05, 0) is 11.3 Å². The van der Waals surface area contributed by atoms with Gasteiger partial charge in [0.25, 0.3) is 10.1 Å². The van der Waals surface area contributed by atoms with Gasteiger partial charge in [-0.1, -0.05) is 12.1 Å². The zero-order valence-electron chi connectivity index (χ0n) is 11.1. The topological polar surface area (TPSA) is 90.9 Å². The molecule has 1 amide bonds. The van der Waals surface area contributed by atoms with Gasteiger partial charge in [-0.2, -0.15) is 8.42 Å². The van der Waals surface area contributed by atoms with Crippen LogP contribution in [0.1, 0.15) is 0 Å². The molecule has 0 bridgehead atoms. The molecular formula is C12H15NO6S. The second-order valence-corrected chi connectivity index (χ2v) is 5.96. The van der Waals surface area contributed by atoms with E-state index in [4.69, 9.17) is 4.74 Å². The Kier molecular flexibility index (Phi) is 4.15. The van der Waals surface area contributed by atoms with Crippen LogP contribution in [-0.4, -0.2) is 47.1 Å². The zero-order valence-corrected chi connectivity index (χ0v) is 11.9. The lowest BCUT2D eigenvalue weighted by Crippen LogP contribution is -2.22. The first kappa shape index (κ1) is 14.6. The molecule has 1 unspecified atom stereocenters. The number of hydrogen-bond donors (Lipinski definition) is 1. The summed E-state index contributed by atoms with van der Waals surface area (Å²) < 4.78 is 35.0. The highest BCUT2D eigenvalue weighted by Crippen LogP contribution is 2.22. The minimum absolute atomic E-state index is 0.127. The Bertz CT molecular complexity index is 699. The van der Waals surface area contributed by atoms with E-state index >= 15 is 0 Å². The number of carbonyl (C=O) groups is 1. The van der Waals surface area contributed by atoms with Crippen molar-refractivity contribution < 1.29 is 26.9 Å². The van der Waals surface area contributed by atoms with Crippen LogP contribution >= 0.6 is 0 Å². The lowest BCUT2D eigenvalue weighted by atomic mass is 10.1. The Balaban J connectivity index is 0.000000157. The van der Waals surface area contributed by atoms with Crippen LogP contribution < -0.4 is 10.1 Å². The molecule has 1 fully saturated rings. The quantitative estimate of drug-likeness (QED) is 0.820. The molecule has 0 aromatic rings. The van der Waals surface area contributed by atoms with Gasteiger partial charge in [-0.25, -0.2) is 4.79 Å². The molecule has 20 heavy (non-hydrogen) atoms. The first-order valence-corrected chi connectivity index (χ1v) is 7.68.